The molecule has 0 aliphatic carbocycles. The zero-order valence-corrected chi connectivity index (χ0v) is 15.4. The van der Waals surface area contributed by atoms with Crippen molar-refractivity contribution in [1.82, 2.24) is 14.1 Å². The number of aryl methyl sites for hydroxylation is 6. The van der Waals surface area contributed by atoms with Crippen molar-refractivity contribution in [2.75, 3.05) is 0 Å². The minimum absolute atomic E-state index is 1.01. The van der Waals surface area contributed by atoms with Crippen LogP contribution in [0.4, 0.5) is 0 Å². The second kappa shape index (κ2) is 6.68. The van der Waals surface area contributed by atoms with Gasteiger partial charge in [-0.1, -0.05) is 0 Å². The van der Waals surface area contributed by atoms with Crippen LogP contribution in [-0.2, 0) is 13.0 Å². The van der Waals surface area contributed by atoms with E-state index in [-0.39, 0.29) is 0 Å². The molecule has 0 N–H and O–H groups in total. The lowest BCUT2D eigenvalue weighted by Gasteiger charge is -2.13. The third kappa shape index (κ3) is 3.30. The predicted molar refractivity (Wildman–Crippen MR) is 100 cm³/mol. The smallest absolute Gasteiger partial charge is 0.137 e. The Labute approximate surface area is 145 Å². The van der Waals surface area contributed by atoms with Crippen LogP contribution in [0.1, 0.15) is 40.5 Å². The van der Waals surface area contributed by atoms with E-state index < -0.39 is 0 Å². The first-order chi connectivity index (χ1) is 11.5. The molecular formula is C21H27N3. The van der Waals surface area contributed by atoms with Crippen molar-refractivity contribution in [2.24, 2.45) is 0 Å². The van der Waals surface area contributed by atoms with Crippen LogP contribution in [0.5, 0.6) is 0 Å². The number of pyridine rings is 1. The predicted octanol–water partition coefficient (Wildman–Crippen LogP) is 4.85. The fraction of sp³-hybridized carbons (Fsp3) is 0.381. The van der Waals surface area contributed by atoms with Crippen LogP contribution in [-0.4, -0.2) is 14.1 Å². The monoisotopic (exact) mass is 321 g/mol. The minimum Gasteiger partial charge on any atom is -0.349 e. The fourth-order valence-corrected chi connectivity index (χ4v) is 3.46. The molecule has 0 saturated heterocycles. The molecule has 126 valence electrons. The van der Waals surface area contributed by atoms with Crippen molar-refractivity contribution in [3.63, 3.8) is 0 Å². The number of nitrogens with zero attached hydrogens (tertiary/aromatic N) is 3. The first-order valence-electron chi connectivity index (χ1n) is 8.71. The molecular weight excluding hydrogens is 294 g/mol. The molecule has 0 spiro atoms. The van der Waals surface area contributed by atoms with Gasteiger partial charge in [-0.25, -0.2) is 4.98 Å². The fourth-order valence-electron chi connectivity index (χ4n) is 3.46. The maximum Gasteiger partial charge on any atom is 0.137 e. The van der Waals surface area contributed by atoms with Gasteiger partial charge >= 0.3 is 0 Å². The van der Waals surface area contributed by atoms with E-state index in [2.05, 4.69) is 80.2 Å². The Hall–Kier alpha value is -2.29. The Kier molecular flexibility index (Phi) is 4.61. The first kappa shape index (κ1) is 16.6. The largest absolute Gasteiger partial charge is 0.349 e. The molecule has 0 saturated carbocycles. The van der Waals surface area contributed by atoms with E-state index in [1.54, 1.807) is 0 Å². The lowest BCUT2D eigenvalue weighted by Crippen LogP contribution is -2.07. The number of rotatable bonds is 5. The van der Waals surface area contributed by atoms with Gasteiger partial charge in [-0.3, -0.25) is 0 Å². The van der Waals surface area contributed by atoms with Crippen molar-refractivity contribution in [1.29, 1.82) is 0 Å². The maximum absolute atomic E-state index is 4.92. The molecule has 0 amide bonds. The maximum atomic E-state index is 4.92. The minimum atomic E-state index is 1.01. The third-order valence-electron chi connectivity index (χ3n) is 4.74. The highest BCUT2D eigenvalue weighted by Crippen LogP contribution is 2.17. The SMILES string of the molecule is Cc1cc(CCCn2c(C)ccc2C)nc(-n2c(C)ccc2C)c1. The molecule has 3 heterocycles. The van der Waals surface area contributed by atoms with E-state index in [4.69, 9.17) is 4.98 Å². The summed E-state index contributed by atoms with van der Waals surface area (Å²) in [5.41, 5.74) is 7.59. The van der Waals surface area contributed by atoms with Crippen molar-refractivity contribution in [3.8, 4) is 5.82 Å². The van der Waals surface area contributed by atoms with E-state index >= 15 is 0 Å². The Bertz CT molecular complexity index is 813. The van der Waals surface area contributed by atoms with Crippen LogP contribution in [0, 0.1) is 34.6 Å². The Morgan fingerprint density at radius 1 is 0.792 bits per heavy atom. The summed E-state index contributed by atoms with van der Waals surface area (Å²) in [5.74, 6) is 1.04. The summed E-state index contributed by atoms with van der Waals surface area (Å²) in [6.45, 7) is 11.8. The summed E-state index contributed by atoms with van der Waals surface area (Å²) in [5, 5.41) is 0. The molecule has 0 aliphatic heterocycles. The van der Waals surface area contributed by atoms with Gasteiger partial charge in [-0.05, 0) is 89.4 Å². The molecule has 24 heavy (non-hydrogen) atoms. The quantitative estimate of drug-likeness (QED) is 0.659. The molecule has 3 heteroatoms. The highest BCUT2D eigenvalue weighted by molar-refractivity contribution is 5.35. The molecule has 3 aromatic rings. The molecule has 0 unspecified atom stereocenters. The Balaban J connectivity index is 1.77. The summed E-state index contributed by atoms with van der Waals surface area (Å²) in [6, 6.07) is 13.1. The summed E-state index contributed by atoms with van der Waals surface area (Å²) in [6.07, 6.45) is 2.11. The zero-order chi connectivity index (χ0) is 17.3. The molecule has 3 nitrogen and oxygen atoms in total. The van der Waals surface area contributed by atoms with Gasteiger partial charge in [-0.2, -0.15) is 0 Å². The van der Waals surface area contributed by atoms with Crippen LogP contribution in [0.3, 0.4) is 0 Å². The van der Waals surface area contributed by atoms with Crippen LogP contribution in [0.2, 0.25) is 0 Å². The second-order valence-electron chi connectivity index (χ2n) is 6.82. The van der Waals surface area contributed by atoms with Crippen LogP contribution >= 0.6 is 0 Å². The van der Waals surface area contributed by atoms with Crippen molar-refractivity contribution in [3.05, 3.63) is 70.4 Å². The summed E-state index contributed by atoms with van der Waals surface area (Å²) < 4.78 is 4.62. The second-order valence-corrected chi connectivity index (χ2v) is 6.82. The molecule has 0 bridgehead atoms. The van der Waals surface area contributed by atoms with Gasteiger partial charge in [0.05, 0.1) is 0 Å². The van der Waals surface area contributed by atoms with Crippen LogP contribution in [0.25, 0.3) is 5.82 Å². The third-order valence-corrected chi connectivity index (χ3v) is 4.74. The van der Waals surface area contributed by atoms with E-state index in [1.165, 1.54) is 34.0 Å². The molecule has 0 fully saturated rings. The highest BCUT2D eigenvalue weighted by atomic mass is 15.1. The molecule has 0 aliphatic rings. The molecule has 3 aromatic heterocycles. The van der Waals surface area contributed by atoms with Crippen molar-refractivity contribution >= 4 is 0 Å². The molecule has 0 aromatic carbocycles. The van der Waals surface area contributed by atoms with Crippen molar-refractivity contribution < 1.29 is 0 Å². The van der Waals surface area contributed by atoms with Crippen LogP contribution in [0.15, 0.2) is 36.4 Å². The van der Waals surface area contributed by atoms with E-state index in [9.17, 15) is 0 Å². The topological polar surface area (TPSA) is 22.8 Å². The Morgan fingerprint density at radius 3 is 2.00 bits per heavy atom. The molecule has 0 radical (unpaired) electrons. The highest BCUT2D eigenvalue weighted by Gasteiger charge is 2.08. The summed E-state index contributed by atoms with van der Waals surface area (Å²) >= 11 is 0. The summed E-state index contributed by atoms with van der Waals surface area (Å²) in [4.78, 5) is 4.92. The lowest BCUT2D eigenvalue weighted by atomic mass is 10.1. The standard InChI is InChI=1S/C21H27N3/c1-15-13-20(7-6-12-23-16(2)8-9-17(23)3)22-21(14-15)24-18(4)10-11-19(24)5/h8-11,13-14H,6-7,12H2,1-5H3. The van der Waals surface area contributed by atoms with E-state index in [1.807, 2.05) is 0 Å². The van der Waals surface area contributed by atoms with E-state index in [0.29, 0.717) is 0 Å². The molecule has 3 rings (SSSR count). The van der Waals surface area contributed by atoms with Gasteiger partial charge in [0.1, 0.15) is 5.82 Å². The Morgan fingerprint density at radius 2 is 1.38 bits per heavy atom. The zero-order valence-electron chi connectivity index (χ0n) is 15.4. The van der Waals surface area contributed by atoms with Gasteiger partial charge in [0, 0.05) is 35.0 Å². The van der Waals surface area contributed by atoms with Gasteiger partial charge in [0.15, 0.2) is 0 Å². The number of hydrogen-bond acceptors (Lipinski definition) is 1. The average Bonchev–Trinajstić information content (AvgIpc) is 3.02. The summed E-state index contributed by atoms with van der Waals surface area (Å²) in [7, 11) is 0. The first-order valence-corrected chi connectivity index (χ1v) is 8.71. The average molecular weight is 321 g/mol. The van der Waals surface area contributed by atoms with Crippen LogP contribution < -0.4 is 0 Å². The van der Waals surface area contributed by atoms with Gasteiger partial charge in [-0.15, -0.1) is 0 Å². The van der Waals surface area contributed by atoms with Crippen molar-refractivity contribution in [2.45, 2.75) is 54.0 Å². The van der Waals surface area contributed by atoms with E-state index in [0.717, 1.165) is 25.2 Å². The number of hydrogen-bond donors (Lipinski definition) is 0. The van der Waals surface area contributed by atoms with Gasteiger partial charge in [0.2, 0.25) is 0 Å². The number of aromatic nitrogens is 3. The van der Waals surface area contributed by atoms with Gasteiger partial charge < -0.3 is 9.13 Å². The normalized spacial score (nSPS) is 11.2. The lowest BCUT2D eigenvalue weighted by molar-refractivity contribution is 0.613. The van der Waals surface area contributed by atoms with Gasteiger partial charge in [0.25, 0.3) is 0 Å². The molecule has 0 atom stereocenters.